The predicted molar refractivity (Wildman–Crippen MR) is 236 cm³/mol. The van der Waals surface area contributed by atoms with Crippen LogP contribution in [0.2, 0.25) is 10.0 Å². The van der Waals surface area contributed by atoms with Crippen molar-refractivity contribution in [1.82, 2.24) is 20.2 Å². The van der Waals surface area contributed by atoms with Gasteiger partial charge < -0.3 is 44.7 Å². The Morgan fingerprint density at radius 1 is 1.08 bits per heavy atom. The number of anilines is 2. The average Bonchev–Trinajstić information content (AvgIpc) is 3.54. The third-order valence-electron chi connectivity index (χ3n) is 8.23. The van der Waals surface area contributed by atoms with Gasteiger partial charge in [0.2, 0.25) is 11.6 Å². The lowest BCUT2D eigenvalue weighted by Gasteiger charge is -2.43. The van der Waals surface area contributed by atoms with Crippen LogP contribution in [-0.4, -0.2) is 100 Å². The molecule has 0 radical (unpaired) electrons. The van der Waals surface area contributed by atoms with Crippen LogP contribution in [0.4, 0.5) is 35.2 Å². The Morgan fingerprint density at radius 2 is 1.62 bits per heavy atom. The van der Waals surface area contributed by atoms with Crippen LogP contribution in [0.25, 0.3) is 5.69 Å². The third-order valence-corrected chi connectivity index (χ3v) is 9.43. The molecule has 354 valence electrons. The monoisotopic (exact) mass is 985 g/mol. The van der Waals surface area contributed by atoms with Crippen LogP contribution in [0.1, 0.15) is 38.3 Å². The summed E-state index contributed by atoms with van der Waals surface area (Å²) in [5.41, 5.74) is 5.47. The summed E-state index contributed by atoms with van der Waals surface area (Å²) in [5.74, 6) is -0.181. The van der Waals surface area contributed by atoms with E-state index < -0.39 is 60.4 Å². The van der Waals surface area contributed by atoms with E-state index in [1.54, 1.807) is 31.4 Å². The van der Waals surface area contributed by atoms with E-state index in [9.17, 15) is 42.3 Å². The van der Waals surface area contributed by atoms with Crippen LogP contribution >= 0.6 is 30.8 Å². The van der Waals surface area contributed by atoms with Gasteiger partial charge in [0, 0.05) is 44.8 Å². The van der Waals surface area contributed by atoms with Crippen molar-refractivity contribution in [2.24, 2.45) is 0 Å². The zero-order valence-electron chi connectivity index (χ0n) is 36.0. The molecule has 0 aliphatic carbocycles. The highest BCUT2D eigenvalue weighted by Crippen LogP contribution is 2.46. The van der Waals surface area contributed by atoms with Crippen molar-refractivity contribution in [2.45, 2.75) is 44.6 Å². The number of urea groups is 1. The molecule has 26 heteroatoms. The van der Waals surface area contributed by atoms with Gasteiger partial charge in [-0.1, -0.05) is 43.1 Å². The molecule has 19 nitrogen and oxygen atoms in total. The average molecular weight is 987 g/mol. The maximum absolute atomic E-state index is 12.6. The summed E-state index contributed by atoms with van der Waals surface area (Å²) >= 11 is 11.5. The van der Waals surface area contributed by atoms with Gasteiger partial charge in [0.15, 0.2) is 0 Å². The molecule has 3 aromatic carbocycles. The van der Waals surface area contributed by atoms with Crippen LogP contribution in [0.15, 0.2) is 60.8 Å². The lowest BCUT2D eigenvalue weighted by Crippen LogP contribution is -2.45. The van der Waals surface area contributed by atoms with E-state index in [0.717, 1.165) is 33.7 Å². The van der Waals surface area contributed by atoms with E-state index in [1.807, 2.05) is 30.4 Å². The largest absolute Gasteiger partial charge is 0.778 e. The Hall–Kier alpha value is -4.84. The van der Waals surface area contributed by atoms with Crippen molar-refractivity contribution in [2.75, 3.05) is 63.9 Å². The minimum absolute atomic E-state index is 0.0773. The number of nitrogens with zero attached hydrogens (tertiary/aromatic N) is 4. The Kier molecular flexibility index (Phi) is 20.2. The zero-order chi connectivity index (χ0) is 49.0. The number of aliphatic carboxylic acids is 1. The smallest absolute Gasteiger partial charge is 0.416 e. The number of carboxylic acid groups (broad SMARTS) is 1. The molecule has 2 atom stereocenters. The molecule has 64 heavy (non-hydrogen) atoms. The van der Waals surface area contributed by atoms with Crippen molar-refractivity contribution in [3.05, 3.63) is 92.1 Å². The molecule has 2 heterocycles. The SMILES string of the molecule is CON(C)C(=O)Nc1ccc(Oc2ccc3c(c2)OC(C)(OC)CC3(C)C)cc1.C[S+](C)C.Nc1c([N+](=O)[O-])cnn1-c1c(Cl)cc(C(F)(F)F)cc1Cl.O=C(O)CNCP(=O)([O-])O. The van der Waals surface area contributed by atoms with Crippen LogP contribution in [0, 0.1) is 10.1 Å². The van der Waals surface area contributed by atoms with Crippen molar-refractivity contribution < 1.29 is 66.2 Å². The number of methoxy groups -OCH3 is 1. The molecule has 2 unspecified atom stereocenters. The first-order valence-electron chi connectivity index (χ1n) is 18.2. The number of carbonyl (C=O) groups is 2. The molecule has 1 aromatic heterocycles. The number of nitrogens with two attached hydrogens (primary N) is 1. The summed E-state index contributed by atoms with van der Waals surface area (Å²) in [6.07, 6.45) is 2.85. The Labute approximate surface area is 379 Å². The summed E-state index contributed by atoms with van der Waals surface area (Å²) in [6, 6.07) is 13.8. The Morgan fingerprint density at radius 3 is 2.08 bits per heavy atom. The number of halogens is 5. The zero-order valence-corrected chi connectivity index (χ0v) is 39.2. The van der Waals surface area contributed by atoms with Crippen LogP contribution in [0.5, 0.6) is 17.2 Å². The number of hydrogen-bond donors (Lipinski definition) is 5. The number of benzene rings is 3. The molecule has 2 amide bonds. The van der Waals surface area contributed by atoms with Gasteiger partial charge in [-0.3, -0.25) is 25.1 Å². The maximum Gasteiger partial charge on any atom is 0.416 e. The van der Waals surface area contributed by atoms with Crippen molar-refractivity contribution >= 4 is 70.9 Å². The number of amides is 2. The van der Waals surface area contributed by atoms with Crippen LogP contribution in [-0.2, 0) is 41.4 Å². The van der Waals surface area contributed by atoms with E-state index in [2.05, 4.69) is 43.0 Å². The highest BCUT2D eigenvalue weighted by molar-refractivity contribution is 7.94. The molecule has 0 fully saturated rings. The first-order valence-corrected chi connectivity index (χ1v) is 23.1. The molecule has 1 aliphatic rings. The fourth-order valence-electron chi connectivity index (χ4n) is 5.42. The number of alkyl halides is 3. The minimum Gasteiger partial charge on any atom is -0.778 e. The second kappa shape index (κ2) is 23.4. The highest BCUT2D eigenvalue weighted by Gasteiger charge is 2.42. The number of ether oxygens (including phenoxy) is 3. The number of hydrogen-bond acceptors (Lipinski definition) is 13. The second-order valence-electron chi connectivity index (χ2n) is 14.6. The van der Waals surface area contributed by atoms with Gasteiger partial charge in [0.05, 0.1) is 59.2 Å². The molecule has 4 aromatic rings. The molecule has 5 rings (SSSR count). The molecule has 0 spiro atoms. The molecule has 0 bridgehead atoms. The van der Waals surface area contributed by atoms with Crippen molar-refractivity contribution in [3.8, 4) is 22.9 Å². The van der Waals surface area contributed by atoms with Crippen LogP contribution < -0.4 is 30.7 Å². The minimum atomic E-state index is -4.63. The number of rotatable bonds is 11. The molecule has 0 saturated heterocycles. The number of hydroxylamine groups is 2. The van der Waals surface area contributed by atoms with E-state index in [0.29, 0.717) is 40.2 Å². The summed E-state index contributed by atoms with van der Waals surface area (Å²) in [4.78, 5) is 54.3. The fraction of sp³-hybridized carbons (Fsp3) is 0.395. The number of carboxylic acids is 1. The molecule has 0 saturated carbocycles. The molecule has 6 N–H and O–H groups in total. The van der Waals surface area contributed by atoms with E-state index in [4.69, 9.17) is 58.0 Å². The number of fused-ring (bicyclic) bond motifs is 1. The summed E-state index contributed by atoms with van der Waals surface area (Å²) < 4.78 is 66.3. The van der Waals surface area contributed by atoms with E-state index in [1.165, 1.54) is 14.2 Å². The number of aromatic nitrogens is 2. The number of nitrogen functional groups attached to an aromatic ring is 1. The standard InChI is InChI=1S/C22H28N2O5.C10H5Cl2F3N4O2.C3H8NO5P.C3H9S/c1-21(2)14-22(3,26-5)29-19-13-17(11-12-18(19)21)28-16-9-7-15(8-10-16)23-20(25)24(4)27-6;11-5-1-4(10(13,14)15)2-6(12)8(5)18-9(16)7(3-17-18)19(20)21;5-3(6)1-4-2-10(7,8)9;1-4(2)3/h7-13H,14H2,1-6H3,(H,23,25);1-3H,16H2;4H,1-2H2,(H,5,6)(H2,7,8,9);1-3H3/q;;;+1/p-1. The number of carbonyl (C=O) groups excluding carboxylic acids is 1. The predicted octanol–water partition coefficient (Wildman–Crippen LogP) is 7.27. The normalized spacial score (nSPS) is 15.8. The van der Waals surface area contributed by atoms with Crippen molar-refractivity contribution in [1.29, 1.82) is 0 Å². The number of nitrogens with one attached hydrogen (secondary N) is 2. The highest BCUT2D eigenvalue weighted by atomic mass is 35.5. The lowest BCUT2D eigenvalue weighted by atomic mass is 9.76. The quantitative estimate of drug-likeness (QED) is 0.0428. The maximum atomic E-state index is 12.6. The first-order chi connectivity index (χ1) is 29.4. The summed E-state index contributed by atoms with van der Waals surface area (Å²) in [7, 11) is 0.906. The van der Waals surface area contributed by atoms with Gasteiger partial charge in [0.1, 0.15) is 36.7 Å². The molecular formula is C38H49Cl2F3N7O12PS. The number of nitro groups is 1. The summed E-state index contributed by atoms with van der Waals surface area (Å²) in [6.45, 7) is 5.83. The van der Waals surface area contributed by atoms with Gasteiger partial charge in [-0.15, -0.1) is 0 Å². The molecule has 1 aliphatic heterocycles. The Balaban J connectivity index is 0.000000350. The third kappa shape index (κ3) is 17.3. The Bertz CT molecular complexity index is 2260. The van der Waals surface area contributed by atoms with Gasteiger partial charge in [-0.2, -0.15) is 18.3 Å². The second-order valence-corrected chi connectivity index (χ2v) is 19.5. The van der Waals surface area contributed by atoms with Crippen LogP contribution in [0.3, 0.4) is 0 Å². The molecular weight excluding hydrogens is 937 g/mol. The van der Waals surface area contributed by atoms with Gasteiger partial charge in [-0.25, -0.2) is 14.5 Å². The lowest BCUT2D eigenvalue weighted by molar-refractivity contribution is -0.383. The van der Waals surface area contributed by atoms with Crippen molar-refractivity contribution in [3.63, 3.8) is 0 Å². The van der Waals surface area contributed by atoms with E-state index >= 15 is 0 Å². The van der Waals surface area contributed by atoms with Gasteiger partial charge in [0.25, 0.3) is 0 Å². The van der Waals surface area contributed by atoms with E-state index in [-0.39, 0.29) is 27.2 Å². The topological polar surface area (TPSA) is 266 Å². The first kappa shape index (κ1) is 55.3. The van der Waals surface area contributed by atoms with Gasteiger partial charge in [-0.05, 0) is 58.8 Å². The summed E-state index contributed by atoms with van der Waals surface area (Å²) in [5, 5.41) is 27.3. The van der Waals surface area contributed by atoms with Gasteiger partial charge >= 0.3 is 23.9 Å². The fourth-order valence-corrected chi connectivity index (χ4v) is 6.46.